The van der Waals surface area contributed by atoms with E-state index in [0.29, 0.717) is 10.7 Å². The van der Waals surface area contributed by atoms with Gasteiger partial charge in [-0.25, -0.2) is 0 Å². The monoisotopic (exact) mass is 305 g/mol. The minimum atomic E-state index is 0.306. The van der Waals surface area contributed by atoms with E-state index in [-0.39, 0.29) is 0 Å². The molecular formula is C17H23NS2. The Bertz CT molecular complexity index is 498. The molecule has 0 heterocycles. The van der Waals surface area contributed by atoms with Gasteiger partial charge < -0.3 is 0 Å². The molecule has 2 rings (SSSR count). The predicted octanol–water partition coefficient (Wildman–Crippen LogP) is 4.81. The molecule has 0 spiro atoms. The van der Waals surface area contributed by atoms with Gasteiger partial charge in [-0.3, -0.25) is 0 Å². The quantitative estimate of drug-likeness (QED) is 0.602. The molecule has 3 heteroatoms. The molecule has 1 fully saturated rings. The van der Waals surface area contributed by atoms with Crippen LogP contribution in [0.3, 0.4) is 0 Å². The zero-order valence-electron chi connectivity index (χ0n) is 12.4. The number of hydrogen-bond donors (Lipinski definition) is 1. The summed E-state index contributed by atoms with van der Waals surface area (Å²) in [4.78, 5) is 0. The third-order valence-electron chi connectivity index (χ3n) is 4.06. The second-order valence-electron chi connectivity index (χ2n) is 6.06. The van der Waals surface area contributed by atoms with Crippen molar-refractivity contribution in [1.29, 1.82) is 5.26 Å². The van der Waals surface area contributed by atoms with Gasteiger partial charge in [0.25, 0.3) is 0 Å². The first-order valence-corrected chi connectivity index (χ1v) is 8.97. The summed E-state index contributed by atoms with van der Waals surface area (Å²) >= 11 is 6.76. The van der Waals surface area contributed by atoms with Crippen molar-refractivity contribution in [2.24, 2.45) is 0 Å². The summed E-state index contributed by atoms with van der Waals surface area (Å²) in [5.41, 5.74) is 3.50. The molecule has 1 aliphatic rings. The van der Waals surface area contributed by atoms with Crippen molar-refractivity contribution >= 4 is 24.4 Å². The Hall–Kier alpha value is -0.590. The average molecular weight is 306 g/mol. The molecule has 0 N–H and O–H groups in total. The van der Waals surface area contributed by atoms with Gasteiger partial charge in [0, 0.05) is 10.5 Å². The summed E-state index contributed by atoms with van der Waals surface area (Å²) in [6.45, 7) is 4.43. The Kier molecular flexibility index (Phi) is 5.46. The van der Waals surface area contributed by atoms with Gasteiger partial charge in [0.1, 0.15) is 0 Å². The molecule has 0 atom stereocenters. The van der Waals surface area contributed by atoms with Crippen molar-refractivity contribution in [1.82, 2.24) is 0 Å². The Labute approximate surface area is 132 Å². The normalized spacial score (nSPS) is 16.8. The van der Waals surface area contributed by atoms with E-state index in [1.165, 1.54) is 30.4 Å². The van der Waals surface area contributed by atoms with Gasteiger partial charge in [-0.2, -0.15) is 29.7 Å². The van der Waals surface area contributed by atoms with Crippen LogP contribution >= 0.6 is 24.4 Å². The second-order valence-corrected chi connectivity index (χ2v) is 8.11. The maximum absolute atomic E-state index is 9.04. The number of thiol groups is 1. The molecule has 20 heavy (non-hydrogen) atoms. The zero-order valence-corrected chi connectivity index (χ0v) is 14.1. The van der Waals surface area contributed by atoms with Crippen LogP contribution in [0.5, 0.6) is 0 Å². The fraction of sp³-hybridized carbons (Fsp3) is 0.588. The lowest BCUT2D eigenvalue weighted by Gasteiger charge is -2.36. The summed E-state index contributed by atoms with van der Waals surface area (Å²) in [5, 5.41) is 9.04. The van der Waals surface area contributed by atoms with Gasteiger partial charge >= 0.3 is 0 Å². The zero-order chi connectivity index (χ0) is 14.6. The van der Waals surface area contributed by atoms with Crippen LogP contribution in [0.15, 0.2) is 18.2 Å². The highest BCUT2D eigenvalue weighted by Crippen LogP contribution is 2.40. The third-order valence-corrected chi connectivity index (χ3v) is 6.13. The van der Waals surface area contributed by atoms with Crippen LogP contribution in [-0.2, 0) is 6.42 Å². The van der Waals surface area contributed by atoms with Crippen LogP contribution in [0.25, 0.3) is 0 Å². The first-order chi connectivity index (χ1) is 9.54. The van der Waals surface area contributed by atoms with Crippen LogP contribution in [0.4, 0.5) is 0 Å². The molecule has 1 aliphatic carbocycles. The van der Waals surface area contributed by atoms with E-state index in [1.54, 1.807) is 0 Å². The van der Waals surface area contributed by atoms with E-state index in [0.717, 1.165) is 23.5 Å². The molecule has 0 unspecified atom stereocenters. The van der Waals surface area contributed by atoms with E-state index in [1.807, 2.05) is 17.8 Å². The lowest BCUT2D eigenvalue weighted by Crippen LogP contribution is -2.33. The maximum atomic E-state index is 9.04. The van der Waals surface area contributed by atoms with E-state index in [2.05, 4.69) is 32.0 Å². The van der Waals surface area contributed by atoms with Crippen molar-refractivity contribution in [3.63, 3.8) is 0 Å². The summed E-state index contributed by atoms with van der Waals surface area (Å²) in [7, 11) is 0. The van der Waals surface area contributed by atoms with Crippen LogP contribution in [0, 0.1) is 11.3 Å². The molecule has 1 nitrogen and oxygen atoms in total. The number of hydrogen-bond acceptors (Lipinski definition) is 3. The third kappa shape index (κ3) is 3.96. The van der Waals surface area contributed by atoms with Gasteiger partial charge in [-0.1, -0.05) is 26.3 Å². The minimum absolute atomic E-state index is 0.306. The first kappa shape index (κ1) is 15.8. The van der Waals surface area contributed by atoms with Gasteiger partial charge in [-0.15, -0.1) is 0 Å². The van der Waals surface area contributed by atoms with Crippen molar-refractivity contribution in [2.45, 2.75) is 50.2 Å². The van der Waals surface area contributed by atoms with Crippen molar-refractivity contribution in [3.05, 3.63) is 34.9 Å². The molecular weight excluding hydrogens is 282 g/mol. The number of thioether (sulfide) groups is 1. The Morgan fingerprint density at radius 1 is 1.40 bits per heavy atom. The summed E-state index contributed by atoms with van der Waals surface area (Å²) < 4.78 is 0.306. The number of nitrogens with zero attached hydrogens (tertiary/aromatic N) is 1. The molecule has 0 saturated heterocycles. The molecule has 0 bridgehead atoms. The van der Waals surface area contributed by atoms with Gasteiger partial charge in [-0.05, 0) is 54.2 Å². The van der Waals surface area contributed by atoms with Crippen LogP contribution in [0.2, 0.25) is 0 Å². The van der Waals surface area contributed by atoms with Gasteiger partial charge in [0.2, 0.25) is 0 Å². The number of rotatable bonds is 6. The molecule has 1 saturated carbocycles. The van der Waals surface area contributed by atoms with Gasteiger partial charge in [0.15, 0.2) is 0 Å². The number of aryl methyl sites for hydroxylation is 1. The highest BCUT2D eigenvalue weighted by atomic mass is 32.2. The van der Waals surface area contributed by atoms with Crippen molar-refractivity contribution in [2.75, 3.05) is 11.5 Å². The minimum Gasteiger partial charge on any atom is -0.192 e. The largest absolute Gasteiger partial charge is 0.192 e. The standard InChI is InChI=1S/C17H23NS2/c1-13(2)16-5-4-14(11-18)10-15(16)6-9-20-12-17(19)7-3-8-17/h4-5,10,13,19H,3,6-9,12H2,1-2H3. The van der Waals surface area contributed by atoms with Crippen LogP contribution in [-0.4, -0.2) is 16.3 Å². The molecule has 0 aliphatic heterocycles. The van der Waals surface area contributed by atoms with E-state index in [9.17, 15) is 0 Å². The Balaban J connectivity index is 1.92. The maximum Gasteiger partial charge on any atom is 0.0991 e. The predicted molar refractivity (Wildman–Crippen MR) is 91.8 cm³/mol. The molecule has 0 aromatic heterocycles. The Morgan fingerprint density at radius 2 is 2.15 bits per heavy atom. The van der Waals surface area contributed by atoms with Crippen LogP contribution in [0.1, 0.15) is 55.7 Å². The summed E-state index contributed by atoms with van der Waals surface area (Å²) in [6.07, 6.45) is 4.93. The highest BCUT2D eigenvalue weighted by molar-refractivity contribution is 8.00. The highest BCUT2D eigenvalue weighted by Gasteiger charge is 2.32. The fourth-order valence-electron chi connectivity index (χ4n) is 2.63. The molecule has 1 aromatic rings. The summed E-state index contributed by atoms with van der Waals surface area (Å²) in [6, 6.07) is 8.37. The van der Waals surface area contributed by atoms with E-state index < -0.39 is 0 Å². The van der Waals surface area contributed by atoms with Gasteiger partial charge in [0.05, 0.1) is 11.6 Å². The SMILES string of the molecule is CC(C)c1ccc(C#N)cc1CCSCC1(S)CCC1. The first-order valence-electron chi connectivity index (χ1n) is 7.37. The smallest absolute Gasteiger partial charge is 0.0991 e. The van der Waals surface area contributed by atoms with Crippen molar-refractivity contribution in [3.8, 4) is 6.07 Å². The molecule has 0 radical (unpaired) electrons. The lowest BCUT2D eigenvalue weighted by atomic mass is 9.86. The Morgan fingerprint density at radius 3 is 2.70 bits per heavy atom. The second kappa shape index (κ2) is 6.91. The molecule has 1 aromatic carbocycles. The fourth-order valence-corrected chi connectivity index (χ4v) is 4.40. The number of benzene rings is 1. The van der Waals surface area contributed by atoms with E-state index >= 15 is 0 Å². The van der Waals surface area contributed by atoms with Crippen LogP contribution < -0.4 is 0 Å². The molecule has 0 amide bonds. The molecule has 108 valence electrons. The van der Waals surface area contributed by atoms with Crippen molar-refractivity contribution < 1.29 is 0 Å². The van der Waals surface area contributed by atoms with E-state index in [4.69, 9.17) is 17.9 Å². The summed E-state index contributed by atoms with van der Waals surface area (Å²) in [5.74, 6) is 2.80. The lowest BCUT2D eigenvalue weighted by molar-refractivity contribution is 0.402. The average Bonchev–Trinajstić information content (AvgIpc) is 2.41. The number of nitriles is 1. The topological polar surface area (TPSA) is 23.8 Å².